The van der Waals surface area contributed by atoms with Crippen molar-refractivity contribution in [2.45, 2.75) is 12.1 Å². The molecule has 1 aliphatic rings. The van der Waals surface area contributed by atoms with E-state index in [1.807, 2.05) is 43.3 Å². The zero-order chi connectivity index (χ0) is 13.3. The maximum atomic E-state index is 11.2. The lowest BCUT2D eigenvalue weighted by molar-refractivity contribution is 0.0875. The fourth-order valence-electron chi connectivity index (χ4n) is 2.42. The molecule has 0 radical (unpaired) electrons. The van der Waals surface area contributed by atoms with Gasteiger partial charge in [-0.15, -0.1) is 0 Å². The first-order valence-corrected chi connectivity index (χ1v) is 5.97. The number of likely N-dealkylation sites (N-methyl/N-ethyl adjacent to an activating group) is 1. The molecule has 1 atom stereocenters. The predicted molar refractivity (Wildman–Crippen MR) is 69.3 cm³/mol. The second kappa shape index (κ2) is 4.59. The number of carboxylic acid groups (broad SMARTS) is 1. The number of fused-ring (bicyclic) bond motifs is 1. The van der Waals surface area contributed by atoms with E-state index in [4.69, 9.17) is 5.73 Å². The molecule has 5 heteroatoms. The molecule has 0 aromatic heterocycles. The Morgan fingerprint density at radius 3 is 2.72 bits per heavy atom. The first kappa shape index (κ1) is 12.9. The summed E-state index contributed by atoms with van der Waals surface area (Å²) >= 11 is 0. The van der Waals surface area contributed by atoms with Crippen molar-refractivity contribution in [1.82, 2.24) is 9.80 Å². The van der Waals surface area contributed by atoms with Crippen LogP contribution in [0.25, 0.3) is 0 Å². The molecule has 2 rings (SSSR count). The Kier molecular flexibility index (Phi) is 3.28. The first-order chi connectivity index (χ1) is 8.45. The lowest BCUT2D eigenvalue weighted by atomic mass is 9.93. The molecule has 0 aliphatic carbocycles. The molecule has 1 amide bonds. The van der Waals surface area contributed by atoms with Gasteiger partial charge in [0.1, 0.15) is 5.66 Å². The zero-order valence-corrected chi connectivity index (χ0v) is 10.8. The van der Waals surface area contributed by atoms with Gasteiger partial charge in [0.2, 0.25) is 0 Å². The zero-order valence-electron chi connectivity index (χ0n) is 10.8. The number of hydrogen-bond donors (Lipinski definition) is 2. The van der Waals surface area contributed by atoms with E-state index in [0.29, 0.717) is 13.0 Å². The van der Waals surface area contributed by atoms with E-state index < -0.39 is 11.8 Å². The molecule has 1 unspecified atom stereocenters. The third kappa shape index (κ3) is 2.07. The molecule has 0 saturated heterocycles. The van der Waals surface area contributed by atoms with Crippen molar-refractivity contribution in [2.75, 3.05) is 27.2 Å². The monoisotopic (exact) mass is 249 g/mol. The van der Waals surface area contributed by atoms with Crippen molar-refractivity contribution in [3.05, 3.63) is 35.4 Å². The van der Waals surface area contributed by atoms with Crippen LogP contribution in [0.5, 0.6) is 0 Å². The topological polar surface area (TPSA) is 69.8 Å². The van der Waals surface area contributed by atoms with Crippen LogP contribution < -0.4 is 5.73 Å². The van der Waals surface area contributed by atoms with Gasteiger partial charge in [-0.2, -0.15) is 0 Å². The highest BCUT2D eigenvalue weighted by Gasteiger charge is 2.37. The predicted octanol–water partition coefficient (Wildman–Crippen LogP) is 0.896. The fraction of sp³-hybridized carbons (Fsp3) is 0.462. The summed E-state index contributed by atoms with van der Waals surface area (Å²) in [6, 6.07) is 7.91. The minimum atomic E-state index is -0.917. The number of nitrogens with two attached hydrogens (primary N) is 1. The van der Waals surface area contributed by atoms with Crippen molar-refractivity contribution >= 4 is 6.09 Å². The first-order valence-electron chi connectivity index (χ1n) is 5.97. The summed E-state index contributed by atoms with van der Waals surface area (Å²) in [5.41, 5.74) is 7.83. The molecule has 1 heterocycles. The van der Waals surface area contributed by atoms with Crippen LogP contribution in [-0.4, -0.2) is 48.2 Å². The summed E-state index contributed by atoms with van der Waals surface area (Å²) < 4.78 is 0. The molecular formula is C13H19N3O2. The van der Waals surface area contributed by atoms with Gasteiger partial charge in [-0.1, -0.05) is 24.3 Å². The molecule has 18 heavy (non-hydrogen) atoms. The van der Waals surface area contributed by atoms with E-state index >= 15 is 0 Å². The number of rotatable bonds is 1. The van der Waals surface area contributed by atoms with Crippen molar-refractivity contribution in [3.63, 3.8) is 0 Å². The van der Waals surface area contributed by atoms with Crippen LogP contribution in [0.3, 0.4) is 0 Å². The number of carbonyl (C=O) groups is 1. The van der Waals surface area contributed by atoms with Crippen LogP contribution in [0.1, 0.15) is 11.1 Å². The summed E-state index contributed by atoms with van der Waals surface area (Å²) in [5, 5.41) is 9.21. The van der Waals surface area contributed by atoms with Crippen LogP contribution in [-0.2, 0) is 12.1 Å². The molecule has 5 nitrogen and oxygen atoms in total. The van der Waals surface area contributed by atoms with Crippen molar-refractivity contribution in [3.8, 4) is 0 Å². The molecule has 0 fully saturated rings. The highest BCUT2D eigenvalue weighted by atomic mass is 16.4. The maximum Gasteiger partial charge on any atom is 0.407 e. The minimum absolute atomic E-state index is 0.284. The quantitative estimate of drug-likeness (QED) is 0.725. The van der Waals surface area contributed by atoms with Gasteiger partial charge < -0.3 is 15.7 Å². The second-order valence-electron chi connectivity index (χ2n) is 4.93. The Morgan fingerprint density at radius 1 is 1.44 bits per heavy atom. The van der Waals surface area contributed by atoms with Crippen LogP contribution in [0.2, 0.25) is 0 Å². The van der Waals surface area contributed by atoms with Gasteiger partial charge in [-0.25, -0.2) is 4.79 Å². The molecular weight excluding hydrogens is 230 g/mol. The summed E-state index contributed by atoms with van der Waals surface area (Å²) in [7, 11) is 3.75. The fourth-order valence-corrected chi connectivity index (χ4v) is 2.42. The molecule has 3 N–H and O–H groups in total. The van der Waals surface area contributed by atoms with Crippen LogP contribution in [0, 0.1) is 0 Å². The third-order valence-corrected chi connectivity index (χ3v) is 3.64. The van der Waals surface area contributed by atoms with Gasteiger partial charge >= 0.3 is 6.09 Å². The van der Waals surface area contributed by atoms with Crippen LogP contribution in [0.15, 0.2) is 24.3 Å². The molecule has 0 bridgehead atoms. The van der Waals surface area contributed by atoms with E-state index in [9.17, 15) is 9.90 Å². The van der Waals surface area contributed by atoms with Crippen LogP contribution >= 0.6 is 0 Å². The number of hydrogen-bond acceptors (Lipinski definition) is 3. The molecule has 98 valence electrons. The Balaban J connectivity index is 2.49. The van der Waals surface area contributed by atoms with E-state index in [1.165, 1.54) is 4.90 Å². The number of benzene rings is 1. The van der Waals surface area contributed by atoms with Crippen molar-refractivity contribution in [2.24, 2.45) is 5.73 Å². The molecule has 1 aliphatic heterocycles. The van der Waals surface area contributed by atoms with E-state index in [2.05, 4.69) is 0 Å². The van der Waals surface area contributed by atoms with Gasteiger partial charge in [0.15, 0.2) is 0 Å². The normalized spacial score (nSPS) is 23.7. The largest absolute Gasteiger partial charge is 0.465 e. The third-order valence-electron chi connectivity index (χ3n) is 3.64. The van der Waals surface area contributed by atoms with Gasteiger partial charge in [0, 0.05) is 6.54 Å². The van der Waals surface area contributed by atoms with Crippen molar-refractivity contribution in [1.29, 1.82) is 0 Å². The van der Waals surface area contributed by atoms with E-state index in [0.717, 1.165) is 11.1 Å². The minimum Gasteiger partial charge on any atom is -0.465 e. The average molecular weight is 249 g/mol. The van der Waals surface area contributed by atoms with Gasteiger partial charge in [0.05, 0.1) is 6.54 Å². The number of nitrogens with zero attached hydrogens (tertiary/aromatic N) is 2. The standard InChI is InChI=1S/C13H19N3O2/c1-15(2)13(14)9-16(12(17)18)8-7-10-5-3-4-6-11(10)13/h3-6H,7-9,14H2,1-2H3,(H,17,18). The highest BCUT2D eigenvalue weighted by molar-refractivity contribution is 5.65. The van der Waals surface area contributed by atoms with E-state index in [-0.39, 0.29) is 6.54 Å². The lowest BCUT2D eigenvalue weighted by Crippen LogP contribution is -2.57. The molecule has 0 spiro atoms. The summed E-state index contributed by atoms with van der Waals surface area (Å²) in [6.07, 6.45) is -0.214. The Morgan fingerprint density at radius 2 is 2.11 bits per heavy atom. The summed E-state index contributed by atoms with van der Waals surface area (Å²) in [6.45, 7) is 0.769. The highest BCUT2D eigenvalue weighted by Crippen LogP contribution is 2.28. The molecule has 0 saturated carbocycles. The second-order valence-corrected chi connectivity index (χ2v) is 4.93. The van der Waals surface area contributed by atoms with E-state index in [1.54, 1.807) is 0 Å². The molecule has 1 aromatic carbocycles. The summed E-state index contributed by atoms with van der Waals surface area (Å²) in [4.78, 5) is 14.5. The molecule has 1 aromatic rings. The van der Waals surface area contributed by atoms with Gasteiger partial charge in [-0.05, 0) is 31.6 Å². The Hall–Kier alpha value is -1.59. The Labute approximate surface area is 107 Å². The maximum absolute atomic E-state index is 11.2. The lowest BCUT2D eigenvalue weighted by Gasteiger charge is -2.38. The SMILES string of the molecule is CN(C)C1(N)CN(C(=O)O)CCc2ccccc21. The summed E-state index contributed by atoms with van der Waals surface area (Å²) in [5.74, 6) is 0. The number of amides is 1. The smallest absolute Gasteiger partial charge is 0.407 e. The van der Waals surface area contributed by atoms with Gasteiger partial charge in [0.25, 0.3) is 0 Å². The average Bonchev–Trinajstić information content (AvgIpc) is 2.48. The van der Waals surface area contributed by atoms with Gasteiger partial charge in [-0.3, -0.25) is 4.90 Å². The Bertz CT molecular complexity index is 461. The van der Waals surface area contributed by atoms with Crippen LogP contribution in [0.4, 0.5) is 4.79 Å². The van der Waals surface area contributed by atoms with Crippen molar-refractivity contribution < 1.29 is 9.90 Å².